The van der Waals surface area contributed by atoms with Crippen molar-refractivity contribution >= 4 is 22.5 Å². The molecule has 0 N–H and O–H groups in total. The van der Waals surface area contributed by atoms with E-state index in [1.807, 2.05) is 24.5 Å². The summed E-state index contributed by atoms with van der Waals surface area (Å²) in [6.45, 7) is 14.8. The van der Waals surface area contributed by atoms with Gasteiger partial charge < -0.3 is 19.3 Å². The first-order valence-electron chi connectivity index (χ1n) is 13.5. The number of benzene rings is 1. The molecule has 192 valence electrons. The minimum absolute atomic E-state index is 0.540. The van der Waals surface area contributed by atoms with Crippen molar-refractivity contribution in [1.82, 2.24) is 24.3 Å². The van der Waals surface area contributed by atoms with Crippen LogP contribution in [0.1, 0.15) is 51.0 Å². The molecule has 0 aliphatic carbocycles. The molecule has 4 heterocycles. The van der Waals surface area contributed by atoms with E-state index in [0.717, 1.165) is 54.6 Å². The fraction of sp³-hybridized carbons (Fsp3) is 0.500. The Bertz CT molecular complexity index is 1170. The number of pyridine rings is 1. The zero-order valence-corrected chi connectivity index (χ0v) is 22.8. The molecule has 2 aliphatic heterocycles. The fourth-order valence-electron chi connectivity index (χ4n) is 6.08. The Morgan fingerprint density at radius 3 is 2.42 bits per heavy atom. The molecule has 0 spiro atoms. The third-order valence-electron chi connectivity index (χ3n) is 8.40. The summed E-state index contributed by atoms with van der Waals surface area (Å²) in [5.74, 6) is 2.50. The normalized spacial score (nSPS) is 18.3. The Morgan fingerprint density at radius 1 is 1.06 bits per heavy atom. The van der Waals surface area contributed by atoms with Crippen LogP contribution in [0.5, 0.6) is 0 Å². The van der Waals surface area contributed by atoms with Crippen molar-refractivity contribution in [3.63, 3.8) is 0 Å². The van der Waals surface area contributed by atoms with Gasteiger partial charge in [0.05, 0.1) is 17.5 Å². The molecular formula is C30H40ClN5. The summed E-state index contributed by atoms with van der Waals surface area (Å²) >= 11 is 6.14. The Morgan fingerprint density at radius 2 is 1.75 bits per heavy atom. The van der Waals surface area contributed by atoms with Gasteiger partial charge in [0.1, 0.15) is 0 Å². The molecule has 2 saturated heterocycles. The van der Waals surface area contributed by atoms with Gasteiger partial charge in [-0.25, -0.2) is 0 Å². The molecule has 36 heavy (non-hydrogen) atoms. The van der Waals surface area contributed by atoms with Gasteiger partial charge in [0.25, 0.3) is 0 Å². The van der Waals surface area contributed by atoms with Gasteiger partial charge in [0.2, 0.25) is 0 Å². The fourth-order valence-corrected chi connectivity index (χ4v) is 6.20. The van der Waals surface area contributed by atoms with Gasteiger partial charge in [-0.2, -0.15) is 0 Å². The van der Waals surface area contributed by atoms with E-state index < -0.39 is 0 Å². The number of hydrogen-bond donors (Lipinski definition) is 0. The average molecular weight is 506 g/mol. The molecular weight excluding hydrogens is 466 g/mol. The van der Waals surface area contributed by atoms with Gasteiger partial charge in [-0.3, -0.25) is 4.98 Å². The zero-order valence-electron chi connectivity index (χ0n) is 22.0. The quantitative estimate of drug-likeness (QED) is 0.372. The van der Waals surface area contributed by atoms with Crippen LogP contribution >= 0.6 is 11.6 Å². The molecule has 0 amide bonds. The second-order valence-corrected chi connectivity index (χ2v) is 11.4. The molecule has 5 nitrogen and oxygen atoms in total. The molecule has 1 aromatic carbocycles. The summed E-state index contributed by atoms with van der Waals surface area (Å²) in [5.41, 5.74) is 3.71. The number of halogens is 1. The second kappa shape index (κ2) is 10.9. The molecule has 5 rings (SSSR count). The maximum atomic E-state index is 6.14. The van der Waals surface area contributed by atoms with Crippen LogP contribution in [-0.4, -0.2) is 70.1 Å². The highest BCUT2D eigenvalue weighted by molar-refractivity contribution is 6.30. The summed E-state index contributed by atoms with van der Waals surface area (Å²) < 4.78 is 2.26. The predicted molar refractivity (Wildman–Crippen MR) is 151 cm³/mol. The second-order valence-electron chi connectivity index (χ2n) is 11.0. The molecule has 0 bridgehead atoms. The van der Waals surface area contributed by atoms with Gasteiger partial charge in [0.15, 0.2) is 0 Å². The summed E-state index contributed by atoms with van der Waals surface area (Å²) in [6, 6.07) is 10.9. The third kappa shape index (κ3) is 5.28. The van der Waals surface area contributed by atoms with Gasteiger partial charge in [-0.05, 0) is 100 Å². The summed E-state index contributed by atoms with van der Waals surface area (Å²) in [5, 5.41) is 2.06. The molecule has 0 radical (unpaired) electrons. The van der Waals surface area contributed by atoms with E-state index in [2.05, 4.69) is 76.1 Å². The van der Waals surface area contributed by atoms with Crippen molar-refractivity contribution in [1.29, 1.82) is 0 Å². The number of piperidine rings is 2. The predicted octanol–water partition coefficient (Wildman–Crippen LogP) is 6.38. The number of fused-ring (bicyclic) bond motifs is 1. The number of rotatable bonds is 7. The smallest absolute Gasteiger partial charge is 0.0962 e. The molecule has 2 aromatic heterocycles. The van der Waals surface area contributed by atoms with E-state index in [9.17, 15) is 0 Å². The van der Waals surface area contributed by atoms with Crippen LogP contribution in [0.4, 0.5) is 0 Å². The van der Waals surface area contributed by atoms with Crippen molar-refractivity contribution in [3.8, 4) is 5.69 Å². The number of likely N-dealkylation sites (tertiary alicyclic amines) is 2. The van der Waals surface area contributed by atoms with E-state index in [0.29, 0.717) is 12.0 Å². The van der Waals surface area contributed by atoms with Crippen molar-refractivity contribution in [3.05, 3.63) is 71.9 Å². The minimum Gasteiger partial charge on any atom is -0.362 e. The van der Waals surface area contributed by atoms with Crippen LogP contribution in [0.15, 0.2) is 61.3 Å². The summed E-state index contributed by atoms with van der Waals surface area (Å²) in [6.07, 6.45) is 11.1. The zero-order chi connectivity index (χ0) is 25.2. The van der Waals surface area contributed by atoms with Gasteiger partial charge in [-0.1, -0.05) is 18.2 Å². The maximum absolute atomic E-state index is 6.14. The topological polar surface area (TPSA) is 27.5 Å². The Labute approximate surface area is 221 Å². The number of hydrogen-bond acceptors (Lipinski definition) is 4. The van der Waals surface area contributed by atoms with Crippen LogP contribution in [0, 0.1) is 5.92 Å². The van der Waals surface area contributed by atoms with Crippen molar-refractivity contribution in [2.75, 3.05) is 39.8 Å². The van der Waals surface area contributed by atoms with E-state index in [4.69, 9.17) is 11.6 Å². The monoisotopic (exact) mass is 505 g/mol. The molecule has 0 saturated carbocycles. The first-order chi connectivity index (χ1) is 17.4. The molecule has 6 heteroatoms. The highest BCUT2D eigenvalue weighted by Gasteiger charge is 2.27. The van der Waals surface area contributed by atoms with Gasteiger partial charge in [-0.15, -0.1) is 0 Å². The lowest BCUT2D eigenvalue weighted by atomic mass is 9.89. The summed E-state index contributed by atoms with van der Waals surface area (Å²) in [4.78, 5) is 11.9. The molecule has 0 unspecified atom stereocenters. The van der Waals surface area contributed by atoms with Crippen LogP contribution in [-0.2, 0) is 0 Å². The van der Waals surface area contributed by atoms with Crippen LogP contribution in [0.25, 0.3) is 16.6 Å². The van der Waals surface area contributed by atoms with E-state index in [1.54, 1.807) is 0 Å². The standard InChI is InChI=1S/C30H40ClN5/c1-22(2)34-15-10-24(11-16-34)20-33(4)23(3)35-17-12-25(13-18-35)29-21-36(27-7-5-26(31)6-8-27)30-19-32-14-9-28(29)30/h5-9,14,19,21-22,24-25H,3,10-13,15-18,20H2,1-2,4H3. The third-order valence-corrected chi connectivity index (χ3v) is 8.65. The first kappa shape index (κ1) is 25.2. The number of aromatic nitrogens is 2. The molecule has 3 aromatic rings. The maximum Gasteiger partial charge on any atom is 0.0962 e. The first-order valence-corrected chi connectivity index (χ1v) is 13.9. The summed E-state index contributed by atoms with van der Waals surface area (Å²) in [7, 11) is 2.23. The molecule has 2 aliphatic rings. The minimum atomic E-state index is 0.540. The van der Waals surface area contributed by atoms with E-state index in [1.165, 1.54) is 42.7 Å². The lowest BCUT2D eigenvalue weighted by Crippen LogP contribution is -2.43. The van der Waals surface area contributed by atoms with Crippen LogP contribution in [0.3, 0.4) is 0 Å². The van der Waals surface area contributed by atoms with Crippen molar-refractivity contribution < 1.29 is 0 Å². The van der Waals surface area contributed by atoms with Crippen LogP contribution in [0.2, 0.25) is 5.02 Å². The van der Waals surface area contributed by atoms with Gasteiger partial charge in [0, 0.05) is 61.2 Å². The SMILES string of the molecule is C=C(N(C)CC1CCN(C(C)C)CC1)N1CCC(c2cn(-c3ccc(Cl)cc3)c3cnccc23)CC1. The number of nitrogens with zero attached hydrogens (tertiary/aromatic N) is 5. The Balaban J connectivity index is 1.22. The molecule has 2 fully saturated rings. The van der Waals surface area contributed by atoms with Crippen LogP contribution < -0.4 is 0 Å². The highest BCUT2D eigenvalue weighted by Crippen LogP contribution is 2.36. The van der Waals surface area contributed by atoms with E-state index >= 15 is 0 Å². The van der Waals surface area contributed by atoms with Crippen molar-refractivity contribution in [2.24, 2.45) is 5.92 Å². The van der Waals surface area contributed by atoms with Gasteiger partial charge >= 0.3 is 0 Å². The van der Waals surface area contributed by atoms with E-state index in [-0.39, 0.29) is 0 Å². The Hall–Kier alpha value is -2.50. The highest BCUT2D eigenvalue weighted by atomic mass is 35.5. The largest absolute Gasteiger partial charge is 0.362 e. The van der Waals surface area contributed by atoms with Crippen molar-refractivity contribution in [2.45, 2.75) is 51.5 Å². The Kier molecular flexibility index (Phi) is 7.59. The lowest BCUT2D eigenvalue weighted by molar-refractivity contribution is 0.122. The molecule has 0 atom stereocenters. The lowest BCUT2D eigenvalue weighted by Gasteiger charge is -2.41. The average Bonchev–Trinajstić information content (AvgIpc) is 3.29.